The van der Waals surface area contributed by atoms with Crippen LogP contribution in [0.5, 0.6) is 0 Å². The number of carbonyl (C=O) groups excluding carboxylic acids is 1. The Morgan fingerprint density at radius 3 is 1.58 bits per heavy atom. The molecule has 0 aromatic carbocycles. The predicted molar refractivity (Wildman–Crippen MR) is 131 cm³/mol. The molecule has 212 valence electrons. The van der Waals surface area contributed by atoms with Gasteiger partial charge in [-0.25, -0.2) is 22.8 Å². The summed E-state index contributed by atoms with van der Waals surface area (Å²) in [5.74, 6) is -3.48. The normalized spacial score (nSPS) is 17.8. The number of alkyl halides is 6. The minimum absolute atomic E-state index is 0.206. The Morgan fingerprint density at radius 1 is 0.917 bits per heavy atom. The summed E-state index contributed by atoms with van der Waals surface area (Å²) >= 11 is 0. The van der Waals surface area contributed by atoms with Crippen molar-refractivity contribution in [1.29, 1.82) is 0 Å². The molecule has 0 fully saturated rings. The highest BCUT2D eigenvalue weighted by Gasteiger charge is 2.86. The number of halogens is 6. The summed E-state index contributed by atoms with van der Waals surface area (Å²) in [6.07, 6.45) is -11.7. The van der Waals surface area contributed by atoms with Crippen LogP contribution in [0.25, 0.3) is 0 Å². The first-order valence-electron chi connectivity index (χ1n) is 10.8. The Morgan fingerprint density at radius 2 is 1.33 bits per heavy atom. The Kier molecular flexibility index (Phi) is 11.1. The molecule has 0 radical (unpaired) electrons. The van der Waals surface area contributed by atoms with Gasteiger partial charge in [0, 0.05) is 18.6 Å². The van der Waals surface area contributed by atoms with Crippen molar-refractivity contribution < 1.29 is 58.1 Å². The summed E-state index contributed by atoms with van der Waals surface area (Å²) in [5, 5.41) is 4.99. The van der Waals surface area contributed by atoms with Crippen LogP contribution in [-0.2, 0) is 26.7 Å². The molecule has 17 heteroatoms. The summed E-state index contributed by atoms with van der Waals surface area (Å²) in [5.41, 5.74) is -6.88. The SMILES string of the molecule is CC(C)(C)CC(OC(=O)C=CC(=O)O)(C(F)(C(F)F)C(F)(F)F)[Si](O[SiH3])(O[Si](C)(C)C)O[Si](C)(C)C. The van der Waals surface area contributed by atoms with Crippen molar-refractivity contribution in [2.45, 2.75) is 90.0 Å². The van der Waals surface area contributed by atoms with Crippen LogP contribution in [0.15, 0.2) is 12.2 Å². The van der Waals surface area contributed by atoms with Gasteiger partial charge < -0.3 is 22.2 Å². The number of ether oxygens (including phenoxy) is 1. The maximum atomic E-state index is 16.4. The third-order valence-corrected chi connectivity index (χ3v) is 15.2. The molecule has 0 aliphatic carbocycles. The van der Waals surface area contributed by atoms with Gasteiger partial charge in [0.05, 0.1) is 0 Å². The third-order valence-electron chi connectivity index (χ3n) is 4.36. The fourth-order valence-electron chi connectivity index (χ4n) is 3.49. The summed E-state index contributed by atoms with van der Waals surface area (Å²) in [4.78, 5) is 23.6. The van der Waals surface area contributed by atoms with Gasteiger partial charge in [-0.15, -0.1) is 0 Å². The van der Waals surface area contributed by atoms with Gasteiger partial charge in [-0.05, 0) is 44.7 Å². The Bertz CT molecular complexity index is 805. The van der Waals surface area contributed by atoms with Gasteiger partial charge in [-0.1, -0.05) is 20.8 Å². The van der Waals surface area contributed by atoms with Gasteiger partial charge in [-0.3, -0.25) is 0 Å². The lowest BCUT2D eigenvalue weighted by molar-refractivity contribution is -0.319. The number of rotatable bonds is 12. The van der Waals surface area contributed by atoms with Gasteiger partial charge in [0.2, 0.25) is 5.22 Å². The van der Waals surface area contributed by atoms with E-state index >= 15 is 4.39 Å². The average Bonchev–Trinajstić information content (AvgIpc) is 2.59. The van der Waals surface area contributed by atoms with Crippen LogP contribution in [0.3, 0.4) is 0 Å². The fourth-order valence-corrected chi connectivity index (χ4v) is 17.0. The zero-order valence-electron chi connectivity index (χ0n) is 22.1. The summed E-state index contributed by atoms with van der Waals surface area (Å²) in [7, 11) is -12.0. The minimum atomic E-state index is -6.28. The fraction of sp³-hybridized carbons (Fsp3) is 0.789. The quantitative estimate of drug-likeness (QED) is 0.154. The molecule has 0 aliphatic heterocycles. The summed E-state index contributed by atoms with van der Waals surface area (Å²) in [6.45, 7) is 13.0. The number of carboxylic acid groups (broad SMARTS) is 1. The first-order valence-corrected chi connectivity index (χ1v) is 20.2. The first kappa shape index (κ1) is 35.0. The first-order chi connectivity index (χ1) is 15.7. The highest BCUT2D eigenvalue weighted by molar-refractivity contribution is 6.88. The molecule has 2 unspecified atom stereocenters. The van der Waals surface area contributed by atoms with E-state index in [9.17, 15) is 31.5 Å². The molecule has 0 amide bonds. The summed E-state index contributed by atoms with van der Waals surface area (Å²) in [6, 6.07) is 0. The molecular formula is C19H36F6O7Si4. The van der Waals surface area contributed by atoms with Gasteiger partial charge in [0.15, 0.2) is 16.6 Å². The molecular weight excluding hydrogens is 567 g/mol. The van der Waals surface area contributed by atoms with Crippen LogP contribution in [0.1, 0.15) is 27.2 Å². The van der Waals surface area contributed by atoms with Crippen LogP contribution in [0, 0.1) is 5.41 Å². The van der Waals surface area contributed by atoms with Crippen LogP contribution >= 0.6 is 0 Å². The van der Waals surface area contributed by atoms with Crippen molar-refractivity contribution >= 4 is 47.9 Å². The average molecular weight is 603 g/mol. The lowest BCUT2D eigenvalue weighted by Gasteiger charge is -2.55. The molecule has 0 rings (SSSR count). The second-order valence-electron chi connectivity index (χ2n) is 11.4. The standard InChI is InChI=1S/C19H36F6O7Si4/c1-16(2,3)12-17(29-14(28)11-10-13(26)27,18(22,15(20)21)19(23,24)25)36(30-33,31-34(4,5)6)32-35(7,8)9/h10-11,15H,12H2,1-9,33H3,(H,26,27). The second kappa shape index (κ2) is 11.4. The minimum Gasteiger partial charge on any atom is -0.478 e. The molecule has 0 saturated carbocycles. The number of esters is 1. The van der Waals surface area contributed by atoms with E-state index in [0.29, 0.717) is 0 Å². The van der Waals surface area contributed by atoms with E-state index in [0.717, 1.165) is 0 Å². The molecule has 0 aliphatic rings. The largest absolute Gasteiger partial charge is 0.519 e. The van der Waals surface area contributed by atoms with Crippen molar-refractivity contribution in [2.24, 2.45) is 5.41 Å². The Balaban J connectivity index is 8.09. The van der Waals surface area contributed by atoms with E-state index in [1.807, 2.05) is 0 Å². The van der Waals surface area contributed by atoms with E-state index in [1.54, 1.807) is 0 Å². The maximum Gasteiger partial charge on any atom is 0.519 e. The van der Waals surface area contributed by atoms with Crippen molar-refractivity contribution in [3.05, 3.63) is 12.2 Å². The summed E-state index contributed by atoms with van der Waals surface area (Å²) < 4.78 is 111. The Hall–Kier alpha value is -0.992. The van der Waals surface area contributed by atoms with E-state index in [4.69, 9.17) is 22.2 Å². The van der Waals surface area contributed by atoms with Crippen molar-refractivity contribution in [3.8, 4) is 0 Å². The molecule has 0 aromatic heterocycles. The monoisotopic (exact) mass is 602 g/mol. The van der Waals surface area contributed by atoms with E-state index < -0.39 is 83.2 Å². The number of hydrogen-bond donors (Lipinski definition) is 1. The third kappa shape index (κ3) is 8.52. The smallest absolute Gasteiger partial charge is 0.478 e. The number of carbonyl (C=O) groups is 2. The number of aliphatic carboxylic acids is 1. The van der Waals surface area contributed by atoms with Crippen LogP contribution < -0.4 is 0 Å². The van der Waals surface area contributed by atoms with Crippen LogP contribution in [0.2, 0.25) is 39.3 Å². The molecule has 0 saturated heterocycles. The van der Waals surface area contributed by atoms with Crippen molar-refractivity contribution in [2.75, 3.05) is 0 Å². The lowest BCUT2D eigenvalue weighted by atomic mass is 9.82. The number of hydrogen-bond acceptors (Lipinski definition) is 6. The molecule has 2 atom stereocenters. The van der Waals surface area contributed by atoms with Crippen LogP contribution in [0.4, 0.5) is 26.3 Å². The predicted octanol–water partition coefficient (Wildman–Crippen LogP) is 4.36. The van der Waals surface area contributed by atoms with Gasteiger partial charge >= 0.3 is 32.6 Å². The molecule has 36 heavy (non-hydrogen) atoms. The molecule has 1 N–H and O–H groups in total. The molecule has 7 nitrogen and oxygen atoms in total. The maximum absolute atomic E-state index is 16.4. The van der Waals surface area contributed by atoms with Crippen molar-refractivity contribution in [3.63, 3.8) is 0 Å². The Labute approximate surface area is 213 Å². The van der Waals surface area contributed by atoms with E-state index in [1.165, 1.54) is 60.1 Å². The zero-order valence-corrected chi connectivity index (χ0v) is 27.1. The van der Waals surface area contributed by atoms with Gasteiger partial charge in [0.1, 0.15) is 10.5 Å². The zero-order chi connectivity index (χ0) is 29.2. The highest BCUT2D eigenvalue weighted by atomic mass is 28.5. The van der Waals surface area contributed by atoms with Gasteiger partial charge in [0.25, 0.3) is 6.43 Å². The second-order valence-corrected chi connectivity index (χ2v) is 25.0. The topological polar surface area (TPSA) is 91.3 Å². The van der Waals surface area contributed by atoms with Crippen molar-refractivity contribution in [1.82, 2.24) is 0 Å². The van der Waals surface area contributed by atoms with E-state index in [-0.39, 0.29) is 12.2 Å². The molecule has 0 aromatic rings. The molecule has 0 bridgehead atoms. The molecule has 0 heterocycles. The van der Waals surface area contributed by atoms with Gasteiger partial charge in [-0.2, -0.15) is 13.2 Å². The highest BCUT2D eigenvalue weighted by Crippen LogP contribution is 2.57. The van der Waals surface area contributed by atoms with Crippen LogP contribution in [-0.4, -0.2) is 76.5 Å². The lowest BCUT2D eigenvalue weighted by Crippen LogP contribution is -2.82. The molecule has 0 spiro atoms. The van der Waals surface area contributed by atoms with E-state index in [2.05, 4.69) is 0 Å². The number of carboxylic acids is 1.